The molecule has 0 amide bonds. The van der Waals surface area contributed by atoms with Gasteiger partial charge in [0.05, 0.1) is 6.10 Å². The number of ether oxygens (including phenoxy) is 2. The Morgan fingerprint density at radius 2 is 1.65 bits per heavy atom. The van der Waals surface area contributed by atoms with Gasteiger partial charge in [-0.05, 0) is 83.7 Å². The largest absolute Gasteiger partial charge is 0.508 e. The first-order valence-corrected chi connectivity index (χ1v) is 16.3. The molecule has 9 heteroatoms. The average Bonchev–Trinajstić information content (AvgIpc) is 3.34. The van der Waals surface area contributed by atoms with Crippen molar-refractivity contribution in [2.75, 3.05) is 6.73 Å². The molecule has 0 aromatic heterocycles. The molecule has 0 radical (unpaired) electrons. The van der Waals surface area contributed by atoms with Crippen LogP contribution in [0.25, 0.3) is 0 Å². The third-order valence-electron chi connectivity index (χ3n) is 9.55. The number of phenols is 4. The zero-order chi connectivity index (χ0) is 33.8. The van der Waals surface area contributed by atoms with Crippen LogP contribution in [0.3, 0.4) is 0 Å². The summed E-state index contributed by atoms with van der Waals surface area (Å²) >= 11 is 0. The molecule has 0 spiro atoms. The number of phenolic OH excluding ortho intramolecular Hbond substituents is 4. The zero-order valence-electron chi connectivity index (χ0n) is 26.5. The number of carbonyl (C=O) groups excluding carboxylic acids is 1. The molecule has 7 N–H and O–H groups in total. The van der Waals surface area contributed by atoms with E-state index in [1.165, 1.54) is 6.07 Å². The highest BCUT2D eigenvalue weighted by molar-refractivity contribution is 5.79. The number of benzene rings is 4. The average molecular weight is 652 g/mol. The molecule has 48 heavy (non-hydrogen) atoms. The minimum atomic E-state index is -0.995. The van der Waals surface area contributed by atoms with Gasteiger partial charge in [-0.3, -0.25) is 10.5 Å². The van der Waals surface area contributed by atoms with Crippen LogP contribution >= 0.6 is 0 Å². The van der Waals surface area contributed by atoms with Gasteiger partial charge in [0, 0.05) is 30.2 Å². The lowest BCUT2D eigenvalue weighted by atomic mass is 9.65. The lowest BCUT2D eigenvalue weighted by Crippen LogP contribution is -2.34. The van der Waals surface area contributed by atoms with Crippen LogP contribution in [0.1, 0.15) is 58.9 Å². The Kier molecular flexibility index (Phi) is 9.89. The fourth-order valence-corrected chi connectivity index (χ4v) is 7.37. The number of aryl methyl sites for hydroxylation is 1. The maximum absolute atomic E-state index is 13.3. The number of ketones is 1. The maximum Gasteiger partial charge on any atom is 0.200 e. The monoisotopic (exact) mass is 651 g/mol. The molecule has 4 aromatic carbocycles. The van der Waals surface area contributed by atoms with E-state index in [1.54, 1.807) is 42.5 Å². The second-order valence-corrected chi connectivity index (χ2v) is 12.7. The first-order valence-electron chi connectivity index (χ1n) is 16.3. The van der Waals surface area contributed by atoms with Crippen LogP contribution in [0.15, 0.2) is 91.0 Å². The fourth-order valence-electron chi connectivity index (χ4n) is 7.37. The summed E-state index contributed by atoms with van der Waals surface area (Å²) in [6, 6.07) is 23.3. The molecule has 0 saturated carbocycles. The van der Waals surface area contributed by atoms with Crippen molar-refractivity contribution in [2.24, 2.45) is 17.6 Å². The standard InChI is InChI=1S/C39H41NO8/c40-22-48-35-17-24(10-14-32(35)43)9-12-29(42)19-33(44)30-13-11-26-18-27(15-23-5-2-1-3-6-23)36(30)31-20-34(45)38(46)39(37(26)31)47-21-25-7-4-8-28(41)16-25/h1-8,10-11,13-14,16-17,20,26-27,30,33,36,41,43-46H,9,12,15,18-19,21-22,40H2/t26-,27-,30+,33+,36+/m1/s1. The summed E-state index contributed by atoms with van der Waals surface area (Å²) in [6.07, 6.45) is 5.03. The van der Waals surface area contributed by atoms with Gasteiger partial charge in [-0.1, -0.05) is 60.7 Å². The second kappa shape index (κ2) is 14.4. The summed E-state index contributed by atoms with van der Waals surface area (Å²) in [7, 11) is 0. The quantitative estimate of drug-likeness (QED) is 0.0583. The van der Waals surface area contributed by atoms with Crippen molar-refractivity contribution in [3.8, 4) is 34.5 Å². The molecule has 0 saturated heterocycles. The lowest BCUT2D eigenvalue weighted by Gasteiger charge is -2.40. The van der Waals surface area contributed by atoms with E-state index in [0.29, 0.717) is 12.0 Å². The number of hydrogen-bond donors (Lipinski definition) is 6. The van der Waals surface area contributed by atoms with Gasteiger partial charge in [-0.25, -0.2) is 0 Å². The lowest BCUT2D eigenvalue weighted by molar-refractivity contribution is -0.121. The van der Waals surface area contributed by atoms with E-state index in [2.05, 4.69) is 12.1 Å². The van der Waals surface area contributed by atoms with Gasteiger partial charge < -0.3 is 35.0 Å². The molecule has 2 bridgehead atoms. The number of allylic oxidation sites excluding steroid dienone is 1. The van der Waals surface area contributed by atoms with Crippen LogP contribution in [-0.4, -0.2) is 44.2 Å². The van der Waals surface area contributed by atoms with E-state index in [0.717, 1.165) is 35.1 Å². The molecule has 3 aliphatic rings. The van der Waals surface area contributed by atoms with Gasteiger partial charge in [0.1, 0.15) is 24.9 Å². The number of Topliss-reactive ketones (excluding diaryl/α,β-unsaturated/α-hetero) is 1. The molecule has 9 nitrogen and oxygen atoms in total. The summed E-state index contributed by atoms with van der Waals surface area (Å²) < 4.78 is 11.4. The van der Waals surface area contributed by atoms with Crippen molar-refractivity contribution in [3.05, 3.63) is 119 Å². The molecule has 7 rings (SSSR count). The van der Waals surface area contributed by atoms with Gasteiger partial charge in [0.2, 0.25) is 5.75 Å². The molecule has 0 heterocycles. The highest BCUT2D eigenvalue weighted by Crippen LogP contribution is 2.58. The van der Waals surface area contributed by atoms with Gasteiger partial charge >= 0.3 is 0 Å². The molecule has 0 fully saturated rings. The Labute approximate surface area is 279 Å². The van der Waals surface area contributed by atoms with Crippen LogP contribution in [0, 0.1) is 11.8 Å². The van der Waals surface area contributed by atoms with Crippen LogP contribution in [0.4, 0.5) is 0 Å². The molecule has 4 aromatic rings. The number of hydrogen-bond acceptors (Lipinski definition) is 9. The topological polar surface area (TPSA) is 163 Å². The van der Waals surface area contributed by atoms with E-state index < -0.39 is 12.0 Å². The van der Waals surface area contributed by atoms with Crippen molar-refractivity contribution in [3.63, 3.8) is 0 Å². The number of aliphatic hydroxyl groups is 1. The highest BCUT2D eigenvalue weighted by Gasteiger charge is 2.45. The number of rotatable bonds is 13. The van der Waals surface area contributed by atoms with E-state index >= 15 is 0 Å². The van der Waals surface area contributed by atoms with Gasteiger partial charge in [0.15, 0.2) is 23.0 Å². The summed E-state index contributed by atoms with van der Waals surface area (Å²) in [5.41, 5.74) is 9.65. The minimum absolute atomic E-state index is 0.0291. The number of nitrogens with two attached hydrogens (primary N) is 1. The van der Waals surface area contributed by atoms with Gasteiger partial charge in [-0.15, -0.1) is 0 Å². The molecule has 5 atom stereocenters. The summed E-state index contributed by atoms with van der Waals surface area (Å²) in [4.78, 5) is 13.3. The zero-order valence-corrected chi connectivity index (χ0v) is 26.5. The Morgan fingerprint density at radius 1 is 0.854 bits per heavy atom. The molecule has 3 aliphatic carbocycles. The molecule has 0 aliphatic heterocycles. The van der Waals surface area contributed by atoms with E-state index in [1.807, 2.05) is 30.4 Å². The first kappa shape index (κ1) is 32.9. The third kappa shape index (κ3) is 7.12. The van der Waals surface area contributed by atoms with Gasteiger partial charge in [-0.2, -0.15) is 0 Å². The molecule has 0 unspecified atom stereocenters. The maximum atomic E-state index is 13.3. The van der Waals surface area contributed by atoms with E-state index in [4.69, 9.17) is 15.2 Å². The number of aromatic hydroxyl groups is 4. The van der Waals surface area contributed by atoms with Crippen molar-refractivity contribution < 1.29 is 39.8 Å². The SMILES string of the molecule is NCOc1cc(CCC(=O)C[C@H](O)[C@@H]2C=C[C@@H]3C[C@@H](Cc4ccccc4)[C@@H]2c2cc(O)c(O)c(OCc4cccc(O)c4)c23)ccc1O. The Hall–Kier alpha value is -4.99. The number of aliphatic hydroxyl groups excluding tert-OH is 1. The minimum Gasteiger partial charge on any atom is -0.508 e. The van der Waals surface area contributed by atoms with Gasteiger partial charge in [0.25, 0.3) is 0 Å². The summed E-state index contributed by atoms with van der Waals surface area (Å²) in [5, 5.41) is 53.6. The van der Waals surface area contributed by atoms with Crippen molar-refractivity contribution in [1.82, 2.24) is 0 Å². The Bertz CT molecular complexity index is 1790. The highest BCUT2D eigenvalue weighted by atomic mass is 16.5. The Morgan fingerprint density at radius 3 is 2.42 bits per heavy atom. The molecule has 250 valence electrons. The predicted molar refractivity (Wildman–Crippen MR) is 180 cm³/mol. The first-order chi connectivity index (χ1) is 23.2. The van der Waals surface area contributed by atoms with Crippen LogP contribution in [-0.2, 0) is 24.2 Å². The van der Waals surface area contributed by atoms with Crippen molar-refractivity contribution in [2.45, 2.75) is 56.7 Å². The van der Waals surface area contributed by atoms with Crippen LogP contribution in [0.5, 0.6) is 34.5 Å². The number of carbonyl (C=O) groups is 1. The van der Waals surface area contributed by atoms with Crippen LogP contribution in [0.2, 0.25) is 0 Å². The second-order valence-electron chi connectivity index (χ2n) is 12.7. The van der Waals surface area contributed by atoms with Crippen molar-refractivity contribution >= 4 is 5.78 Å². The number of fused-ring (bicyclic) bond motifs is 2. The fraction of sp³-hybridized carbons (Fsp3) is 0.308. The molecular weight excluding hydrogens is 610 g/mol. The smallest absolute Gasteiger partial charge is 0.200 e. The van der Waals surface area contributed by atoms with E-state index in [9.17, 15) is 30.3 Å². The van der Waals surface area contributed by atoms with E-state index in [-0.39, 0.29) is 84.2 Å². The predicted octanol–water partition coefficient (Wildman–Crippen LogP) is 5.95. The summed E-state index contributed by atoms with van der Waals surface area (Å²) in [6.45, 7) is -0.0239. The van der Waals surface area contributed by atoms with Crippen LogP contribution < -0.4 is 15.2 Å². The summed E-state index contributed by atoms with van der Waals surface area (Å²) in [5.74, 6) is -1.08. The Balaban J connectivity index is 1.28. The van der Waals surface area contributed by atoms with Crippen molar-refractivity contribution in [1.29, 1.82) is 0 Å². The molecular formula is C39H41NO8. The normalized spacial score (nSPS) is 20.1. The third-order valence-corrected chi connectivity index (χ3v) is 9.55.